The number of carbonyl (C=O) groups excluding carboxylic acids is 1. The summed E-state index contributed by atoms with van der Waals surface area (Å²) >= 11 is 1.72. The zero-order valence-electron chi connectivity index (χ0n) is 14.7. The van der Waals surface area contributed by atoms with Crippen LogP contribution >= 0.6 is 11.8 Å². The minimum absolute atomic E-state index is 0.0350. The van der Waals surface area contributed by atoms with Crippen LogP contribution in [-0.2, 0) is 0 Å². The second-order valence-electron chi connectivity index (χ2n) is 5.84. The molecule has 5 heteroatoms. The first-order valence-corrected chi connectivity index (χ1v) is 9.64. The number of hydrogen-bond acceptors (Lipinski definition) is 4. The zero-order valence-corrected chi connectivity index (χ0v) is 15.5. The summed E-state index contributed by atoms with van der Waals surface area (Å²) in [5.74, 6) is 1.03. The molecule has 0 radical (unpaired) electrons. The van der Waals surface area contributed by atoms with E-state index in [0.717, 1.165) is 41.6 Å². The Kier molecular flexibility index (Phi) is 5.89. The Balaban J connectivity index is 1.72. The molecule has 4 nitrogen and oxygen atoms in total. The molecule has 1 aromatic heterocycles. The molecule has 0 aliphatic carbocycles. The number of imidazole rings is 1. The van der Waals surface area contributed by atoms with Crippen LogP contribution in [0.15, 0.2) is 53.7 Å². The Morgan fingerprint density at radius 1 is 1.08 bits per heavy atom. The van der Waals surface area contributed by atoms with Gasteiger partial charge in [0, 0.05) is 23.4 Å². The average Bonchev–Trinajstić information content (AvgIpc) is 3.07. The van der Waals surface area contributed by atoms with Crippen molar-refractivity contribution in [3.63, 3.8) is 0 Å². The predicted octanol–water partition coefficient (Wildman–Crippen LogP) is 4.23. The summed E-state index contributed by atoms with van der Waals surface area (Å²) < 4.78 is 0. The minimum Gasteiger partial charge on any atom is -0.333 e. The third-order valence-electron chi connectivity index (χ3n) is 4.30. The van der Waals surface area contributed by atoms with Gasteiger partial charge >= 0.3 is 0 Å². The van der Waals surface area contributed by atoms with Gasteiger partial charge in [-0.25, -0.2) is 4.98 Å². The Morgan fingerprint density at radius 3 is 2.56 bits per heavy atom. The first-order chi connectivity index (χ1) is 12.2. The number of carbonyl (C=O) groups is 1. The molecular formula is C20H23N3OS. The van der Waals surface area contributed by atoms with Gasteiger partial charge in [-0.2, -0.15) is 0 Å². The molecule has 0 spiro atoms. The number of H-pyrrole nitrogens is 1. The maximum atomic E-state index is 12.6. The number of fused-ring (bicyclic) bond motifs is 1. The summed E-state index contributed by atoms with van der Waals surface area (Å²) in [7, 11) is 0. The fourth-order valence-corrected chi connectivity index (χ4v) is 3.65. The fraction of sp³-hybridized carbons (Fsp3) is 0.300. The molecule has 0 atom stereocenters. The molecule has 130 valence electrons. The average molecular weight is 353 g/mol. The van der Waals surface area contributed by atoms with E-state index in [1.165, 1.54) is 0 Å². The highest BCUT2D eigenvalue weighted by Crippen LogP contribution is 2.21. The molecule has 1 N–H and O–H groups in total. The van der Waals surface area contributed by atoms with Crippen LogP contribution in [-0.4, -0.2) is 46.0 Å². The van der Waals surface area contributed by atoms with Gasteiger partial charge in [0.1, 0.15) is 0 Å². The minimum atomic E-state index is 0.0350. The normalized spacial score (nSPS) is 11.3. The van der Waals surface area contributed by atoms with Crippen LogP contribution in [0.3, 0.4) is 0 Å². The molecule has 0 bridgehead atoms. The van der Waals surface area contributed by atoms with Gasteiger partial charge in [0.05, 0.1) is 11.0 Å². The van der Waals surface area contributed by atoms with Gasteiger partial charge in [-0.1, -0.05) is 55.9 Å². The molecular weight excluding hydrogens is 330 g/mol. The number of ketones is 1. The van der Waals surface area contributed by atoms with Crippen molar-refractivity contribution in [2.24, 2.45) is 0 Å². The maximum Gasteiger partial charge on any atom is 0.193 e. The second kappa shape index (κ2) is 8.32. The van der Waals surface area contributed by atoms with Crippen LogP contribution in [0.4, 0.5) is 0 Å². The number of nitrogens with zero attached hydrogens (tertiary/aromatic N) is 2. The van der Waals surface area contributed by atoms with Gasteiger partial charge in [0.25, 0.3) is 0 Å². The number of hydrogen-bond donors (Lipinski definition) is 1. The van der Waals surface area contributed by atoms with E-state index in [0.29, 0.717) is 11.1 Å². The van der Waals surface area contributed by atoms with Crippen molar-refractivity contribution in [3.05, 3.63) is 59.7 Å². The molecule has 1 heterocycles. The fourth-order valence-electron chi connectivity index (χ4n) is 2.76. The quantitative estimate of drug-likeness (QED) is 0.486. The summed E-state index contributed by atoms with van der Waals surface area (Å²) in [5.41, 5.74) is 3.19. The summed E-state index contributed by atoms with van der Waals surface area (Å²) in [6.45, 7) is 7.55. The number of nitrogens with one attached hydrogen (secondary N) is 1. The van der Waals surface area contributed by atoms with Crippen molar-refractivity contribution in [2.45, 2.75) is 19.0 Å². The predicted molar refractivity (Wildman–Crippen MR) is 104 cm³/mol. The smallest absolute Gasteiger partial charge is 0.193 e. The molecule has 0 saturated heterocycles. The van der Waals surface area contributed by atoms with Crippen molar-refractivity contribution in [2.75, 3.05) is 25.4 Å². The molecule has 0 aliphatic heterocycles. The summed E-state index contributed by atoms with van der Waals surface area (Å²) in [6.07, 6.45) is 0. The SMILES string of the molecule is CCN(CC)CCSc1nc2ccc(C(=O)c3ccccc3)cc2[nH]1. The van der Waals surface area contributed by atoms with Crippen LogP contribution in [0, 0.1) is 0 Å². The summed E-state index contributed by atoms with van der Waals surface area (Å²) in [6, 6.07) is 15.0. The number of aromatic amines is 1. The van der Waals surface area contributed by atoms with Gasteiger partial charge < -0.3 is 9.88 Å². The van der Waals surface area contributed by atoms with E-state index in [4.69, 9.17) is 0 Å². The second-order valence-corrected chi connectivity index (χ2v) is 6.93. The molecule has 0 aliphatic rings. The summed E-state index contributed by atoms with van der Waals surface area (Å²) in [5, 5.41) is 0.909. The monoisotopic (exact) mass is 353 g/mol. The molecule has 2 aromatic carbocycles. The Labute approximate surface area is 152 Å². The third kappa shape index (κ3) is 4.30. The van der Waals surface area contributed by atoms with Gasteiger partial charge in [0.15, 0.2) is 10.9 Å². The molecule has 3 aromatic rings. The molecule has 3 rings (SSSR count). The lowest BCUT2D eigenvalue weighted by molar-refractivity contribution is 0.103. The highest BCUT2D eigenvalue weighted by molar-refractivity contribution is 7.99. The van der Waals surface area contributed by atoms with E-state index < -0.39 is 0 Å². The van der Waals surface area contributed by atoms with Crippen molar-refractivity contribution in [1.82, 2.24) is 14.9 Å². The molecule has 0 amide bonds. The van der Waals surface area contributed by atoms with Crippen molar-refractivity contribution in [1.29, 1.82) is 0 Å². The van der Waals surface area contributed by atoms with E-state index in [1.54, 1.807) is 11.8 Å². The highest BCUT2D eigenvalue weighted by Gasteiger charge is 2.11. The lowest BCUT2D eigenvalue weighted by Gasteiger charge is -2.16. The highest BCUT2D eigenvalue weighted by atomic mass is 32.2. The van der Waals surface area contributed by atoms with E-state index in [2.05, 4.69) is 28.7 Å². The van der Waals surface area contributed by atoms with Gasteiger partial charge in [-0.05, 0) is 31.3 Å². The lowest BCUT2D eigenvalue weighted by Crippen LogP contribution is -2.25. The van der Waals surface area contributed by atoms with E-state index in [-0.39, 0.29) is 5.78 Å². The van der Waals surface area contributed by atoms with Crippen LogP contribution in [0.1, 0.15) is 29.8 Å². The Hall–Kier alpha value is -2.11. The van der Waals surface area contributed by atoms with Gasteiger partial charge in [-0.3, -0.25) is 4.79 Å². The molecule has 25 heavy (non-hydrogen) atoms. The van der Waals surface area contributed by atoms with Crippen molar-refractivity contribution in [3.8, 4) is 0 Å². The number of thioether (sulfide) groups is 1. The maximum absolute atomic E-state index is 12.6. The topological polar surface area (TPSA) is 49.0 Å². The molecule has 0 fully saturated rings. The van der Waals surface area contributed by atoms with Crippen molar-refractivity contribution < 1.29 is 4.79 Å². The Bertz CT molecular complexity index is 841. The van der Waals surface area contributed by atoms with Crippen molar-refractivity contribution >= 4 is 28.6 Å². The van der Waals surface area contributed by atoms with E-state index in [1.807, 2.05) is 48.5 Å². The van der Waals surface area contributed by atoms with Crippen LogP contribution < -0.4 is 0 Å². The number of benzene rings is 2. The van der Waals surface area contributed by atoms with E-state index in [9.17, 15) is 4.79 Å². The van der Waals surface area contributed by atoms with Gasteiger partial charge in [0.2, 0.25) is 0 Å². The first-order valence-electron chi connectivity index (χ1n) is 8.66. The third-order valence-corrected chi connectivity index (χ3v) is 5.15. The van der Waals surface area contributed by atoms with Gasteiger partial charge in [-0.15, -0.1) is 0 Å². The lowest BCUT2D eigenvalue weighted by atomic mass is 10.0. The zero-order chi connectivity index (χ0) is 17.6. The number of aromatic nitrogens is 2. The van der Waals surface area contributed by atoms with Crippen LogP contribution in [0.25, 0.3) is 11.0 Å². The summed E-state index contributed by atoms with van der Waals surface area (Å²) in [4.78, 5) is 22.9. The number of rotatable bonds is 8. The van der Waals surface area contributed by atoms with Crippen LogP contribution in [0.5, 0.6) is 0 Å². The van der Waals surface area contributed by atoms with E-state index >= 15 is 0 Å². The molecule has 0 unspecified atom stereocenters. The van der Waals surface area contributed by atoms with Crippen LogP contribution in [0.2, 0.25) is 0 Å². The molecule has 0 saturated carbocycles. The Morgan fingerprint density at radius 2 is 1.84 bits per heavy atom. The standard InChI is InChI=1S/C20H23N3OS/c1-3-23(4-2)12-13-25-20-21-17-11-10-16(14-18(17)22-20)19(24)15-8-6-5-7-9-15/h5-11,14H,3-4,12-13H2,1-2H3,(H,21,22). The first kappa shape index (κ1) is 17.7. The largest absolute Gasteiger partial charge is 0.333 e.